The number of amides is 2. The third kappa shape index (κ3) is 1.72. The minimum Gasteiger partial charge on any atom is -0.277 e. The van der Waals surface area contributed by atoms with Gasteiger partial charge in [-0.3, -0.25) is 9.59 Å². The van der Waals surface area contributed by atoms with Gasteiger partial charge in [-0.25, -0.2) is 0 Å². The van der Waals surface area contributed by atoms with E-state index in [0.717, 1.165) is 0 Å². The topological polar surface area (TPSA) is 71.5 Å². The van der Waals surface area contributed by atoms with Crippen LogP contribution >= 0.6 is 0 Å². The predicted octanol–water partition coefficient (Wildman–Crippen LogP) is -0.549. The molecule has 0 radical (unpaired) electrons. The van der Waals surface area contributed by atoms with E-state index in [1.807, 2.05) is 0 Å². The maximum Gasteiger partial charge on any atom is 0.517 e. The molecular weight excluding hydrogens is 203 g/mol. The lowest BCUT2D eigenvalue weighted by Crippen LogP contribution is -2.38. The highest BCUT2D eigenvalue weighted by Gasteiger charge is 2.50. The van der Waals surface area contributed by atoms with Crippen molar-refractivity contribution in [1.82, 2.24) is 4.31 Å². The third-order valence-corrected chi connectivity index (χ3v) is 2.09. The summed E-state index contributed by atoms with van der Waals surface area (Å²) in [5, 5.41) is 0. The van der Waals surface area contributed by atoms with E-state index in [1.54, 1.807) is 0 Å². The number of alkyl halides is 3. The molecule has 0 aliphatic carbocycles. The van der Waals surface area contributed by atoms with E-state index in [1.165, 1.54) is 0 Å². The molecule has 0 spiro atoms. The van der Waals surface area contributed by atoms with E-state index in [4.69, 9.17) is 0 Å². The van der Waals surface area contributed by atoms with Crippen molar-refractivity contribution in [3.05, 3.63) is 0 Å². The van der Waals surface area contributed by atoms with E-state index >= 15 is 0 Å². The third-order valence-electron chi connectivity index (χ3n) is 0.778. The Balaban J connectivity index is 5.11. The van der Waals surface area contributed by atoms with Crippen LogP contribution in [0.5, 0.6) is 0 Å². The van der Waals surface area contributed by atoms with E-state index < -0.39 is 32.7 Å². The van der Waals surface area contributed by atoms with Crippen molar-refractivity contribution in [2.24, 2.45) is 0 Å². The molecule has 70 valence electrons. The fourth-order valence-corrected chi connectivity index (χ4v) is 0.723. The molecule has 0 saturated heterocycles. The molecule has 0 aromatic carbocycles. The SMILES string of the molecule is O=CN(C=O)S(=O)(=O)C(F)(F)F. The second-order valence-corrected chi connectivity index (χ2v) is 3.33. The van der Waals surface area contributed by atoms with Crippen LogP contribution in [0.4, 0.5) is 13.2 Å². The summed E-state index contributed by atoms with van der Waals surface area (Å²) in [6.07, 6.45) is -1.48. The van der Waals surface area contributed by atoms with Crippen molar-refractivity contribution in [3.63, 3.8) is 0 Å². The molecule has 12 heavy (non-hydrogen) atoms. The van der Waals surface area contributed by atoms with E-state index in [-0.39, 0.29) is 0 Å². The minimum atomic E-state index is -5.84. The van der Waals surface area contributed by atoms with Crippen LogP contribution in [0.25, 0.3) is 0 Å². The van der Waals surface area contributed by atoms with Crippen LogP contribution < -0.4 is 0 Å². The van der Waals surface area contributed by atoms with Gasteiger partial charge in [-0.15, -0.1) is 0 Å². The summed E-state index contributed by atoms with van der Waals surface area (Å²) in [4.78, 5) is 19.3. The second-order valence-electron chi connectivity index (χ2n) is 1.49. The molecule has 0 aromatic heterocycles. The highest BCUT2D eigenvalue weighted by Crippen LogP contribution is 2.24. The Hall–Kier alpha value is -1.12. The number of sulfonamides is 1. The summed E-state index contributed by atoms with van der Waals surface area (Å²) < 4.78 is 53.8. The molecule has 9 heteroatoms. The van der Waals surface area contributed by atoms with Crippen LogP contribution in [0, 0.1) is 0 Å². The lowest BCUT2D eigenvalue weighted by atomic mass is 11.2. The molecule has 0 unspecified atom stereocenters. The quantitative estimate of drug-likeness (QED) is 0.579. The Morgan fingerprint density at radius 1 is 1.08 bits per heavy atom. The van der Waals surface area contributed by atoms with Crippen LogP contribution in [0.2, 0.25) is 0 Å². The van der Waals surface area contributed by atoms with Crippen LogP contribution in [0.1, 0.15) is 0 Å². The van der Waals surface area contributed by atoms with Crippen LogP contribution in [-0.2, 0) is 19.6 Å². The first-order chi connectivity index (χ1) is 5.27. The molecule has 0 saturated carbocycles. The summed E-state index contributed by atoms with van der Waals surface area (Å²) in [6, 6.07) is 0. The largest absolute Gasteiger partial charge is 0.517 e. The molecule has 0 bridgehead atoms. The monoisotopic (exact) mass is 205 g/mol. The number of nitrogens with zero attached hydrogens (tertiary/aromatic N) is 1. The van der Waals surface area contributed by atoms with Crippen molar-refractivity contribution in [2.75, 3.05) is 0 Å². The summed E-state index contributed by atoms with van der Waals surface area (Å²) in [7, 11) is -5.84. The maximum atomic E-state index is 11.5. The Labute approximate surface area is 64.8 Å². The standard InChI is InChI=1S/C3H2F3NO4S/c4-3(5,6)12(10,11)7(1-8)2-9/h1-2H. The Bertz CT molecular complexity index is 272. The highest BCUT2D eigenvalue weighted by molar-refractivity contribution is 7.90. The number of rotatable bonds is 3. The van der Waals surface area contributed by atoms with E-state index in [2.05, 4.69) is 0 Å². The van der Waals surface area contributed by atoms with E-state index in [9.17, 15) is 31.2 Å². The molecule has 0 fully saturated rings. The lowest BCUT2D eigenvalue weighted by molar-refractivity contribution is -0.125. The Morgan fingerprint density at radius 3 is 1.50 bits per heavy atom. The van der Waals surface area contributed by atoms with Gasteiger partial charge in [-0.2, -0.15) is 25.9 Å². The molecule has 0 aliphatic heterocycles. The van der Waals surface area contributed by atoms with Gasteiger partial charge in [0.05, 0.1) is 0 Å². The Morgan fingerprint density at radius 2 is 1.42 bits per heavy atom. The first kappa shape index (κ1) is 10.9. The van der Waals surface area contributed by atoms with Crippen LogP contribution in [-0.4, -0.2) is 31.1 Å². The predicted molar refractivity (Wildman–Crippen MR) is 28.9 cm³/mol. The molecule has 0 N–H and O–H groups in total. The fraction of sp³-hybridized carbons (Fsp3) is 0.333. The minimum absolute atomic E-state index is 0.740. The number of imide groups is 1. The summed E-state index contributed by atoms with van der Waals surface area (Å²) >= 11 is 0. The first-order valence-corrected chi connectivity index (χ1v) is 3.71. The number of hydrogen-bond acceptors (Lipinski definition) is 4. The van der Waals surface area contributed by atoms with Gasteiger partial charge < -0.3 is 0 Å². The number of halogens is 3. The zero-order valence-corrected chi connectivity index (χ0v) is 6.09. The number of carbonyl (C=O) groups excluding carboxylic acids is 2. The van der Waals surface area contributed by atoms with Gasteiger partial charge in [0.2, 0.25) is 12.8 Å². The normalized spacial score (nSPS) is 12.2. The summed E-state index contributed by atoms with van der Waals surface area (Å²) in [6.45, 7) is 0. The summed E-state index contributed by atoms with van der Waals surface area (Å²) in [5.74, 6) is 0. The zero-order chi connectivity index (χ0) is 9.99. The van der Waals surface area contributed by atoms with Gasteiger partial charge in [0.15, 0.2) is 0 Å². The van der Waals surface area contributed by atoms with Gasteiger partial charge in [-0.05, 0) is 0 Å². The smallest absolute Gasteiger partial charge is 0.277 e. The number of carbonyl (C=O) groups is 2. The number of hydrogen-bond donors (Lipinski definition) is 0. The first-order valence-electron chi connectivity index (χ1n) is 2.27. The van der Waals surface area contributed by atoms with Gasteiger partial charge in [0.25, 0.3) is 0 Å². The average Bonchev–Trinajstić information content (AvgIpc) is 1.87. The zero-order valence-electron chi connectivity index (χ0n) is 5.28. The molecule has 0 aromatic rings. The van der Waals surface area contributed by atoms with Gasteiger partial charge >= 0.3 is 15.5 Å². The molecule has 0 heterocycles. The van der Waals surface area contributed by atoms with E-state index in [0.29, 0.717) is 0 Å². The van der Waals surface area contributed by atoms with Crippen molar-refractivity contribution >= 4 is 22.8 Å². The second kappa shape index (κ2) is 3.09. The average molecular weight is 205 g/mol. The van der Waals surface area contributed by atoms with Crippen LogP contribution in [0.15, 0.2) is 0 Å². The molecule has 5 nitrogen and oxygen atoms in total. The molecule has 0 atom stereocenters. The lowest BCUT2D eigenvalue weighted by Gasteiger charge is -2.11. The van der Waals surface area contributed by atoms with Gasteiger partial charge in [-0.1, -0.05) is 0 Å². The Kier molecular flexibility index (Phi) is 2.80. The highest BCUT2D eigenvalue weighted by atomic mass is 32.2. The molecule has 2 amide bonds. The summed E-state index contributed by atoms with van der Waals surface area (Å²) in [5.41, 5.74) is -5.64. The van der Waals surface area contributed by atoms with Crippen molar-refractivity contribution < 1.29 is 31.2 Å². The van der Waals surface area contributed by atoms with Crippen molar-refractivity contribution in [1.29, 1.82) is 0 Å². The maximum absolute atomic E-state index is 11.5. The van der Waals surface area contributed by atoms with Gasteiger partial charge in [0, 0.05) is 0 Å². The van der Waals surface area contributed by atoms with Crippen molar-refractivity contribution in [2.45, 2.75) is 5.51 Å². The van der Waals surface area contributed by atoms with Crippen LogP contribution in [0.3, 0.4) is 0 Å². The van der Waals surface area contributed by atoms with Gasteiger partial charge in [0.1, 0.15) is 0 Å². The molecular formula is C3H2F3NO4S. The molecule has 0 rings (SSSR count). The molecule has 0 aliphatic rings. The fourth-order valence-electron chi connectivity index (χ4n) is 0.258. The van der Waals surface area contributed by atoms with Crippen molar-refractivity contribution in [3.8, 4) is 0 Å².